The number of rotatable bonds is 4. The number of aromatic hydroxyl groups is 1. The molecule has 0 radical (unpaired) electrons. The van der Waals surface area contributed by atoms with Crippen LogP contribution in [0.15, 0.2) is 24.3 Å². The molecule has 0 bridgehead atoms. The maximum atomic E-state index is 12.5. The second-order valence-corrected chi connectivity index (χ2v) is 2.86. The lowest BCUT2D eigenvalue weighted by molar-refractivity contribution is -0.112. The van der Waals surface area contributed by atoms with Crippen LogP contribution >= 0.6 is 0 Å². The first-order valence-electron chi connectivity index (χ1n) is 4.09. The molecule has 0 saturated carbocycles. The number of phenols is 1. The highest BCUT2D eigenvalue weighted by molar-refractivity contribution is 5.55. The van der Waals surface area contributed by atoms with Gasteiger partial charge in [-0.2, -0.15) is 0 Å². The zero-order chi connectivity index (χ0) is 9.68. The molecule has 1 N–H and O–H groups in total. The summed E-state index contributed by atoms with van der Waals surface area (Å²) >= 11 is 0. The van der Waals surface area contributed by atoms with E-state index in [0.29, 0.717) is 12.7 Å². The predicted molar refractivity (Wildman–Crippen MR) is 47.4 cm³/mol. The van der Waals surface area contributed by atoms with Gasteiger partial charge in [0.25, 0.3) is 0 Å². The third-order valence-corrected chi connectivity index (χ3v) is 1.79. The number of aldehydes is 1. The fraction of sp³-hybridized carbons (Fsp3) is 0.300. The van der Waals surface area contributed by atoms with E-state index in [2.05, 4.69) is 0 Å². The molecule has 2 nitrogen and oxygen atoms in total. The Morgan fingerprint density at radius 2 is 2.00 bits per heavy atom. The fourth-order valence-electron chi connectivity index (χ4n) is 1.04. The number of hydrogen-bond acceptors (Lipinski definition) is 2. The number of alkyl halides is 1. The molecule has 0 aliphatic heterocycles. The fourth-order valence-corrected chi connectivity index (χ4v) is 1.04. The molecule has 1 rings (SSSR count). The first-order chi connectivity index (χ1) is 6.22. The number of benzene rings is 1. The molecule has 0 fully saturated rings. The van der Waals surface area contributed by atoms with Crippen molar-refractivity contribution in [2.75, 3.05) is 0 Å². The molecule has 1 atom stereocenters. The highest BCUT2D eigenvalue weighted by Crippen LogP contribution is 2.12. The van der Waals surface area contributed by atoms with E-state index in [1.807, 2.05) is 0 Å². The highest BCUT2D eigenvalue weighted by atomic mass is 19.1. The van der Waals surface area contributed by atoms with E-state index in [0.717, 1.165) is 5.56 Å². The molecule has 13 heavy (non-hydrogen) atoms. The lowest BCUT2D eigenvalue weighted by Crippen LogP contribution is -2.02. The van der Waals surface area contributed by atoms with Crippen LogP contribution in [0.25, 0.3) is 0 Å². The number of carbonyl (C=O) groups is 1. The van der Waals surface area contributed by atoms with Crippen LogP contribution in [0.4, 0.5) is 4.39 Å². The van der Waals surface area contributed by atoms with Crippen LogP contribution in [0.5, 0.6) is 5.75 Å². The van der Waals surface area contributed by atoms with Gasteiger partial charge in [-0.15, -0.1) is 0 Å². The first-order valence-corrected chi connectivity index (χ1v) is 4.09. The van der Waals surface area contributed by atoms with E-state index in [1.165, 1.54) is 0 Å². The van der Waals surface area contributed by atoms with Gasteiger partial charge >= 0.3 is 0 Å². The quantitative estimate of drug-likeness (QED) is 0.721. The maximum Gasteiger partial charge on any atom is 0.155 e. The van der Waals surface area contributed by atoms with Gasteiger partial charge in [0.15, 0.2) is 12.5 Å². The van der Waals surface area contributed by atoms with E-state index in [9.17, 15) is 9.18 Å². The Morgan fingerprint density at radius 3 is 2.54 bits per heavy atom. The van der Waals surface area contributed by atoms with Gasteiger partial charge < -0.3 is 9.90 Å². The summed E-state index contributed by atoms with van der Waals surface area (Å²) in [5.74, 6) is 0.191. The monoisotopic (exact) mass is 182 g/mol. The van der Waals surface area contributed by atoms with Crippen LogP contribution in [0.3, 0.4) is 0 Å². The number of carbonyl (C=O) groups excluding carboxylic acids is 1. The van der Waals surface area contributed by atoms with Gasteiger partial charge in [0, 0.05) is 0 Å². The molecule has 0 saturated heterocycles. The van der Waals surface area contributed by atoms with Gasteiger partial charge in [-0.25, -0.2) is 4.39 Å². The Bertz CT molecular complexity index is 269. The zero-order valence-corrected chi connectivity index (χ0v) is 7.11. The van der Waals surface area contributed by atoms with Crippen molar-refractivity contribution in [3.05, 3.63) is 29.8 Å². The summed E-state index contributed by atoms with van der Waals surface area (Å²) in [6.07, 6.45) is -0.358. The average molecular weight is 182 g/mol. The Kier molecular flexibility index (Phi) is 3.43. The molecule has 0 heterocycles. The molecule has 0 spiro atoms. The second kappa shape index (κ2) is 4.60. The molecule has 1 aromatic rings. The van der Waals surface area contributed by atoms with Crippen molar-refractivity contribution in [2.24, 2.45) is 0 Å². The number of halogens is 1. The largest absolute Gasteiger partial charge is 0.508 e. The Morgan fingerprint density at radius 1 is 1.38 bits per heavy atom. The smallest absolute Gasteiger partial charge is 0.155 e. The van der Waals surface area contributed by atoms with E-state index in [-0.39, 0.29) is 12.2 Å². The summed E-state index contributed by atoms with van der Waals surface area (Å²) in [4.78, 5) is 9.97. The van der Waals surface area contributed by atoms with Gasteiger partial charge in [-0.1, -0.05) is 12.1 Å². The summed E-state index contributed by atoms with van der Waals surface area (Å²) in [6.45, 7) is 0. The van der Waals surface area contributed by atoms with Crippen molar-refractivity contribution in [2.45, 2.75) is 19.0 Å². The average Bonchev–Trinajstić information content (AvgIpc) is 2.16. The first kappa shape index (κ1) is 9.71. The Labute approximate surface area is 76.0 Å². The minimum Gasteiger partial charge on any atom is -0.508 e. The second-order valence-electron chi connectivity index (χ2n) is 2.86. The normalized spacial score (nSPS) is 12.4. The van der Waals surface area contributed by atoms with E-state index in [1.54, 1.807) is 24.3 Å². The summed E-state index contributed by atoms with van der Waals surface area (Å²) in [6, 6.07) is 6.52. The molecule has 0 aliphatic rings. The molecule has 70 valence electrons. The molecule has 1 unspecified atom stereocenters. The lowest BCUT2D eigenvalue weighted by Gasteiger charge is -2.01. The van der Waals surface area contributed by atoms with Crippen molar-refractivity contribution in [1.82, 2.24) is 0 Å². The predicted octanol–water partition coefficient (Wildman–Crippen LogP) is 1.86. The number of hydrogen-bond donors (Lipinski definition) is 1. The van der Waals surface area contributed by atoms with Crippen molar-refractivity contribution in [3.8, 4) is 5.75 Å². The summed E-state index contributed by atoms with van der Waals surface area (Å²) in [5, 5.41) is 8.95. The summed E-state index contributed by atoms with van der Waals surface area (Å²) in [5.41, 5.74) is 0.919. The highest BCUT2D eigenvalue weighted by Gasteiger charge is 2.03. The number of phenolic OH excluding ortho intramolecular Hbond substituents is 1. The van der Waals surface area contributed by atoms with Crippen LogP contribution in [0.2, 0.25) is 0 Å². The Balaban J connectivity index is 2.45. The van der Waals surface area contributed by atoms with Crippen LogP contribution in [-0.4, -0.2) is 17.6 Å². The standard InChI is InChI=1S/C10H11FO2/c11-9(7-12)4-1-8-2-5-10(13)6-3-8/h2-3,5-7,9,13H,1,4H2. The SMILES string of the molecule is O=CC(F)CCc1ccc(O)cc1. The molecule has 0 aliphatic carbocycles. The van der Waals surface area contributed by atoms with E-state index < -0.39 is 6.17 Å². The van der Waals surface area contributed by atoms with Gasteiger partial charge in [-0.05, 0) is 30.5 Å². The topological polar surface area (TPSA) is 37.3 Å². The molecule has 1 aromatic carbocycles. The summed E-state index contributed by atoms with van der Waals surface area (Å²) < 4.78 is 12.5. The van der Waals surface area contributed by atoms with Crippen molar-refractivity contribution in [1.29, 1.82) is 0 Å². The van der Waals surface area contributed by atoms with Crippen LogP contribution in [-0.2, 0) is 11.2 Å². The Hall–Kier alpha value is -1.38. The van der Waals surface area contributed by atoms with Crippen LogP contribution < -0.4 is 0 Å². The van der Waals surface area contributed by atoms with Crippen LogP contribution in [0.1, 0.15) is 12.0 Å². The molecule has 0 aromatic heterocycles. The molecule has 0 amide bonds. The van der Waals surface area contributed by atoms with Crippen molar-refractivity contribution >= 4 is 6.29 Å². The van der Waals surface area contributed by atoms with Crippen molar-refractivity contribution in [3.63, 3.8) is 0 Å². The van der Waals surface area contributed by atoms with Gasteiger partial charge in [-0.3, -0.25) is 0 Å². The molecular weight excluding hydrogens is 171 g/mol. The van der Waals surface area contributed by atoms with E-state index in [4.69, 9.17) is 5.11 Å². The van der Waals surface area contributed by atoms with Gasteiger partial charge in [0.1, 0.15) is 5.75 Å². The third kappa shape index (κ3) is 3.23. The molecule has 3 heteroatoms. The van der Waals surface area contributed by atoms with Crippen LogP contribution in [0, 0.1) is 0 Å². The lowest BCUT2D eigenvalue weighted by atomic mass is 10.1. The maximum absolute atomic E-state index is 12.5. The summed E-state index contributed by atoms with van der Waals surface area (Å²) in [7, 11) is 0. The van der Waals surface area contributed by atoms with E-state index >= 15 is 0 Å². The molecular formula is C10H11FO2. The minimum atomic E-state index is -1.38. The number of aryl methyl sites for hydroxylation is 1. The third-order valence-electron chi connectivity index (χ3n) is 1.79. The van der Waals surface area contributed by atoms with Gasteiger partial charge in [0.05, 0.1) is 0 Å². The van der Waals surface area contributed by atoms with Crippen molar-refractivity contribution < 1.29 is 14.3 Å². The van der Waals surface area contributed by atoms with Gasteiger partial charge in [0.2, 0.25) is 0 Å². The zero-order valence-electron chi connectivity index (χ0n) is 7.11. The minimum absolute atomic E-state index is 0.191.